The van der Waals surface area contributed by atoms with Gasteiger partial charge in [-0.15, -0.1) is 34.0 Å². The molecule has 0 spiro atoms. The van der Waals surface area contributed by atoms with Crippen LogP contribution in [0.15, 0.2) is 18.2 Å². The molecule has 3 rings (SSSR count). The summed E-state index contributed by atoms with van der Waals surface area (Å²) in [6, 6.07) is 7.15. The highest BCUT2D eigenvalue weighted by Crippen LogP contribution is 2.44. The van der Waals surface area contributed by atoms with Crippen LogP contribution in [0.5, 0.6) is 0 Å². The van der Waals surface area contributed by atoms with Crippen molar-refractivity contribution in [3.05, 3.63) is 44.6 Å². The van der Waals surface area contributed by atoms with Crippen LogP contribution in [-0.2, 0) is 6.42 Å². The van der Waals surface area contributed by atoms with E-state index in [2.05, 4.69) is 58.5 Å². The molecule has 0 aliphatic rings. The molecule has 3 heterocycles. The quantitative estimate of drug-likeness (QED) is 0.274. The molecule has 3 aromatic rings. The highest BCUT2D eigenvalue weighted by atomic mass is 32.1. The molecule has 0 saturated heterocycles. The minimum absolute atomic E-state index is 1.02. The van der Waals surface area contributed by atoms with Gasteiger partial charge in [0.2, 0.25) is 0 Å². The predicted molar refractivity (Wildman–Crippen MR) is 126 cm³/mol. The number of hydrogen-bond donors (Lipinski definition) is 1. The molecule has 0 aliphatic heterocycles. The molecule has 0 nitrogen and oxygen atoms in total. The maximum atomic E-state index is 4.30. The van der Waals surface area contributed by atoms with E-state index in [-0.39, 0.29) is 0 Å². The lowest BCUT2D eigenvalue weighted by atomic mass is 10.1. The smallest absolute Gasteiger partial charge is 0.0478 e. The Bertz CT molecular complexity index is 843. The number of rotatable bonds is 8. The van der Waals surface area contributed by atoms with Gasteiger partial charge in [0.1, 0.15) is 0 Å². The largest absolute Gasteiger partial charge is 0.179 e. The van der Waals surface area contributed by atoms with Gasteiger partial charge in [-0.3, -0.25) is 0 Å². The topological polar surface area (TPSA) is 0 Å². The van der Waals surface area contributed by atoms with Crippen LogP contribution in [0, 0.1) is 27.7 Å². The van der Waals surface area contributed by atoms with Crippen molar-refractivity contribution in [3.63, 3.8) is 0 Å². The van der Waals surface area contributed by atoms with Crippen molar-refractivity contribution >= 4 is 46.6 Å². The van der Waals surface area contributed by atoms with Crippen LogP contribution >= 0.6 is 46.6 Å². The van der Waals surface area contributed by atoms with E-state index in [0.29, 0.717) is 0 Å². The zero-order valence-electron chi connectivity index (χ0n) is 16.1. The van der Waals surface area contributed by atoms with Gasteiger partial charge >= 0.3 is 0 Å². The van der Waals surface area contributed by atoms with Crippen molar-refractivity contribution in [1.29, 1.82) is 0 Å². The van der Waals surface area contributed by atoms with E-state index < -0.39 is 0 Å². The molecule has 140 valence electrons. The SMILES string of the molecule is Cc1cc(-c2sc(-c3sc(CCCCCCS)cc3C)cc2C)sc1C. The van der Waals surface area contributed by atoms with Crippen molar-refractivity contribution in [2.24, 2.45) is 0 Å². The Labute approximate surface area is 175 Å². The number of thiol groups is 1. The van der Waals surface area contributed by atoms with E-state index in [4.69, 9.17) is 0 Å². The molecule has 0 saturated carbocycles. The standard InChI is InChI=1S/C22H28S4/c1-14-12-19(24-17(14)4)22-16(3)13-20(26-22)21-15(2)11-18(25-21)9-7-5-6-8-10-23/h11-13,23H,5-10H2,1-4H3. The van der Waals surface area contributed by atoms with E-state index in [1.807, 2.05) is 34.0 Å². The summed E-state index contributed by atoms with van der Waals surface area (Å²) < 4.78 is 0. The third-order valence-corrected chi connectivity index (χ3v) is 9.19. The second-order valence-corrected chi connectivity index (χ2v) is 11.0. The Morgan fingerprint density at radius 1 is 0.692 bits per heavy atom. The maximum Gasteiger partial charge on any atom is 0.0478 e. The Morgan fingerprint density at radius 3 is 2.00 bits per heavy atom. The molecule has 0 unspecified atom stereocenters. The molecule has 0 bridgehead atoms. The first-order valence-electron chi connectivity index (χ1n) is 9.38. The summed E-state index contributed by atoms with van der Waals surface area (Å²) in [6.45, 7) is 8.96. The zero-order chi connectivity index (χ0) is 18.7. The summed E-state index contributed by atoms with van der Waals surface area (Å²) in [5.41, 5.74) is 4.26. The van der Waals surface area contributed by atoms with Gasteiger partial charge in [0.15, 0.2) is 0 Å². The summed E-state index contributed by atoms with van der Waals surface area (Å²) in [6.07, 6.45) is 6.41. The van der Waals surface area contributed by atoms with Gasteiger partial charge in [-0.1, -0.05) is 12.8 Å². The van der Waals surface area contributed by atoms with E-state index in [1.54, 1.807) is 4.88 Å². The number of hydrogen-bond acceptors (Lipinski definition) is 4. The van der Waals surface area contributed by atoms with Gasteiger partial charge in [0.25, 0.3) is 0 Å². The van der Waals surface area contributed by atoms with Crippen molar-refractivity contribution in [2.75, 3.05) is 5.75 Å². The second-order valence-electron chi connectivity index (χ2n) is 7.09. The third-order valence-electron chi connectivity index (χ3n) is 4.83. The Balaban J connectivity index is 1.76. The van der Waals surface area contributed by atoms with Crippen molar-refractivity contribution in [3.8, 4) is 19.5 Å². The molecular formula is C22H28S4. The minimum Gasteiger partial charge on any atom is -0.179 e. The normalized spacial score (nSPS) is 11.4. The van der Waals surface area contributed by atoms with Crippen LogP contribution in [0.25, 0.3) is 19.5 Å². The Hall–Kier alpha value is -0.550. The Morgan fingerprint density at radius 2 is 1.31 bits per heavy atom. The van der Waals surface area contributed by atoms with Crippen LogP contribution in [-0.4, -0.2) is 5.75 Å². The summed E-state index contributed by atoms with van der Waals surface area (Å²) >= 11 is 10.2. The fraction of sp³-hybridized carbons (Fsp3) is 0.455. The van der Waals surface area contributed by atoms with Crippen molar-refractivity contribution in [1.82, 2.24) is 0 Å². The highest BCUT2D eigenvalue weighted by Gasteiger charge is 2.15. The average molecular weight is 421 g/mol. The highest BCUT2D eigenvalue weighted by molar-refractivity contribution is 7.80. The predicted octanol–water partition coefficient (Wildman–Crippen LogP) is 8.47. The fourth-order valence-corrected chi connectivity index (χ4v) is 7.18. The number of thiophene rings is 3. The maximum absolute atomic E-state index is 4.30. The van der Waals surface area contributed by atoms with Crippen LogP contribution in [0.3, 0.4) is 0 Å². The minimum atomic E-state index is 1.02. The van der Waals surface area contributed by atoms with Gasteiger partial charge in [-0.25, -0.2) is 0 Å². The van der Waals surface area contributed by atoms with Gasteiger partial charge in [-0.05, 0) is 87.6 Å². The van der Waals surface area contributed by atoms with E-state index in [0.717, 1.165) is 5.75 Å². The first-order valence-corrected chi connectivity index (χ1v) is 12.5. The van der Waals surface area contributed by atoms with E-state index in [9.17, 15) is 0 Å². The molecule has 0 aromatic carbocycles. The lowest BCUT2D eigenvalue weighted by Gasteiger charge is -1.98. The molecule has 4 heteroatoms. The van der Waals surface area contributed by atoms with E-state index >= 15 is 0 Å². The molecular weight excluding hydrogens is 393 g/mol. The van der Waals surface area contributed by atoms with Crippen LogP contribution < -0.4 is 0 Å². The molecule has 0 amide bonds. The molecule has 0 N–H and O–H groups in total. The van der Waals surface area contributed by atoms with Crippen LogP contribution in [0.2, 0.25) is 0 Å². The van der Waals surface area contributed by atoms with Gasteiger partial charge in [-0.2, -0.15) is 12.6 Å². The first kappa shape index (κ1) is 20.2. The number of aryl methyl sites for hydroxylation is 5. The van der Waals surface area contributed by atoms with Gasteiger partial charge < -0.3 is 0 Å². The fourth-order valence-electron chi connectivity index (χ4n) is 3.20. The molecule has 0 radical (unpaired) electrons. The second kappa shape index (κ2) is 9.09. The van der Waals surface area contributed by atoms with Gasteiger partial charge in [0.05, 0.1) is 0 Å². The van der Waals surface area contributed by atoms with E-state index in [1.165, 1.54) is 73.2 Å². The summed E-state index contributed by atoms with van der Waals surface area (Å²) in [7, 11) is 0. The van der Waals surface area contributed by atoms with Crippen LogP contribution in [0.4, 0.5) is 0 Å². The third kappa shape index (κ3) is 4.64. The van der Waals surface area contributed by atoms with Crippen molar-refractivity contribution in [2.45, 2.75) is 59.8 Å². The average Bonchev–Trinajstić information content (AvgIpc) is 3.25. The Kier molecular flexibility index (Phi) is 7.06. The van der Waals surface area contributed by atoms with Crippen molar-refractivity contribution < 1.29 is 0 Å². The monoisotopic (exact) mass is 420 g/mol. The molecule has 0 atom stereocenters. The summed E-state index contributed by atoms with van der Waals surface area (Å²) in [5, 5.41) is 0. The van der Waals surface area contributed by atoms with Crippen LogP contribution in [0.1, 0.15) is 52.1 Å². The zero-order valence-corrected chi connectivity index (χ0v) is 19.5. The lowest BCUT2D eigenvalue weighted by molar-refractivity contribution is 0.674. The molecule has 26 heavy (non-hydrogen) atoms. The molecule has 0 aliphatic carbocycles. The lowest BCUT2D eigenvalue weighted by Crippen LogP contribution is -1.82. The molecule has 0 fully saturated rings. The summed E-state index contributed by atoms with van der Waals surface area (Å²) in [4.78, 5) is 8.75. The van der Waals surface area contributed by atoms with Gasteiger partial charge in [0, 0.05) is 29.3 Å². The first-order chi connectivity index (χ1) is 12.5. The molecule has 3 aromatic heterocycles. The number of unbranched alkanes of at least 4 members (excludes halogenated alkanes) is 3. The summed E-state index contributed by atoms with van der Waals surface area (Å²) in [5.74, 6) is 1.02.